The SMILES string of the molecule is CCCCCO[C@@H]1O[C@H](COC(=O)c2ccccc2)[C@@H](O[C@@H]2O[C@H](COC(=O)C(C)(C)C)[C@H](OC(C)=O)[C@H](O[C@@H]3O[C@H](COC(C)=O)[C@@H](OC(C)=O)[C@H](O[C@H]4O[C@@H](C)[C@@H](OCc5ccccc5)[C@@H](OCc5ccccc5)[C@@H]4OCc4ccccc4)[C@H]3NC(=O)C(Cl)(Cl)Cl)[C@H]2OC(C)=O)[C@H](O)[C@H]1NC(C)=O. The van der Waals surface area contributed by atoms with Crippen molar-refractivity contribution in [2.75, 3.05) is 26.4 Å². The highest BCUT2D eigenvalue weighted by Gasteiger charge is 2.61. The molecule has 4 aromatic rings. The quantitative estimate of drug-likeness (QED) is 0.0184. The van der Waals surface area contributed by atoms with Gasteiger partial charge in [0.15, 0.2) is 43.5 Å². The molecule has 20 atom stereocenters. The molecule has 576 valence electrons. The minimum absolute atomic E-state index is 0.00472. The smallest absolute Gasteiger partial charge is 0.338 e. The van der Waals surface area contributed by atoms with Crippen molar-refractivity contribution in [2.24, 2.45) is 5.41 Å². The molecular formula is C74H93Cl3N2O26. The molecule has 4 aromatic carbocycles. The van der Waals surface area contributed by atoms with Gasteiger partial charge in [0.2, 0.25) is 5.91 Å². The maximum Gasteiger partial charge on any atom is 0.338 e. The lowest BCUT2D eigenvalue weighted by Gasteiger charge is -2.52. The zero-order chi connectivity index (χ0) is 76.1. The number of ether oxygens (including phenoxy) is 17. The van der Waals surface area contributed by atoms with Crippen LogP contribution in [0.1, 0.15) is 116 Å². The summed E-state index contributed by atoms with van der Waals surface area (Å²) in [6.07, 6.45) is -28.1. The number of halogens is 3. The molecule has 28 nitrogen and oxygen atoms in total. The van der Waals surface area contributed by atoms with Gasteiger partial charge in [0, 0.05) is 41.2 Å². The second-order valence-electron chi connectivity index (χ2n) is 26.6. The Kier molecular flexibility index (Phi) is 31.7. The van der Waals surface area contributed by atoms with Gasteiger partial charge in [-0.25, -0.2) is 4.79 Å². The summed E-state index contributed by atoms with van der Waals surface area (Å²) < 4.78 is 107. The van der Waals surface area contributed by atoms with Crippen molar-refractivity contribution < 1.29 is 124 Å². The zero-order valence-corrected chi connectivity index (χ0v) is 62.2. The number of nitrogens with one attached hydrogen (secondary N) is 2. The van der Waals surface area contributed by atoms with Gasteiger partial charge in [0.05, 0.1) is 36.9 Å². The summed E-state index contributed by atoms with van der Waals surface area (Å²) in [5, 5.41) is 18.0. The number of unbranched alkanes of at least 4 members (excludes halogenated alkanes) is 2. The van der Waals surface area contributed by atoms with Gasteiger partial charge < -0.3 is 96.3 Å². The number of hydrogen-bond acceptors (Lipinski definition) is 26. The van der Waals surface area contributed by atoms with E-state index in [2.05, 4.69) is 10.6 Å². The summed E-state index contributed by atoms with van der Waals surface area (Å²) in [6, 6.07) is 32.1. The van der Waals surface area contributed by atoms with Crippen molar-refractivity contribution in [1.82, 2.24) is 10.6 Å². The first-order valence-electron chi connectivity index (χ1n) is 34.5. The minimum atomic E-state index is -2.83. The van der Waals surface area contributed by atoms with E-state index in [0.29, 0.717) is 12.0 Å². The van der Waals surface area contributed by atoms with Crippen LogP contribution in [-0.4, -0.2) is 206 Å². The Labute approximate surface area is 624 Å². The first-order chi connectivity index (χ1) is 50.0. The molecule has 105 heavy (non-hydrogen) atoms. The summed E-state index contributed by atoms with van der Waals surface area (Å²) in [5.41, 5.74) is 1.21. The van der Waals surface area contributed by atoms with Gasteiger partial charge in [0.1, 0.15) is 92.9 Å². The zero-order valence-electron chi connectivity index (χ0n) is 60.0. The Morgan fingerprint density at radius 2 is 0.905 bits per heavy atom. The Morgan fingerprint density at radius 3 is 1.42 bits per heavy atom. The Balaban J connectivity index is 1.30. The van der Waals surface area contributed by atoms with Crippen LogP contribution in [0.3, 0.4) is 0 Å². The fourth-order valence-electron chi connectivity index (χ4n) is 12.1. The van der Waals surface area contributed by atoms with E-state index in [9.17, 15) is 43.5 Å². The number of amides is 2. The number of benzene rings is 4. The highest BCUT2D eigenvalue weighted by molar-refractivity contribution is 6.76. The fourth-order valence-corrected chi connectivity index (χ4v) is 12.3. The van der Waals surface area contributed by atoms with Crippen molar-refractivity contribution >= 4 is 82.4 Å². The van der Waals surface area contributed by atoms with Gasteiger partial charge >= 0.3 is 35.8 Å². The molecule has 31 heteroatoms. The largest absolute Gasteiger partial charge is 0.463 e. The second kappa shape index (κ2) is 39.8. The van der Waals surface area contributed by atoms with Crippen LogP contribution in [0.5, 0.6) is 0 Å². The number of aliphatic hydroxyl groups is 1. The molecule has 4 heterocycles. The van der Waals surface area contributed by atoms with Crippen LogP contribution in [0.25, 0.3) is 0 Å². The van der Waals surface area contributed by atoms with Gasteiger partial charge in [-0.1, -0.05) is 164 Å². The van der Waals surface area contributed by atoms with Gasteiger partial charge in [0.25, 0.3) is 9.70 Å². The van der Waals surface area contributed by atoms with E-state index >= 15 is 0 Å². The van der Waals surface area contributed by atoms with Crippen molar-refractivity contribution in [1.29, 1.82) is 0 Å². The molecule has 0 radical (unpaired) electrons. The summed E-state index contributed by atoms with van der Waals surface area (Å²) in [7, 11) is 0. The van der Waals surface area contributed by atoms with Crippen LogP contribution in [-0.2, 0) is 134 Å². The highest BCUT2D eigenvalue weighted by Crippen LogP contribution is 2.41. The van der Waals surface area contributed by atoms with Crippen LogP contribution in [0.2, 0.25) is 0 Å². The Morgan fingerprint density at radius 1 is 0.457 bits per heavy atom. The van der Waals surface area contributed by atoms with Gasteiger partial charge in [-0.3, -0.25) is 33.6 Å². The summed E-state index contributed by atoms with van der Waals surface area (Å²) in [5.74, 6) is -7.59. The standard InChI is InChI=1S/C74H93Cl3N2O26/c1-11-12-25-34-89-67-54(78-42(3)80)56(85)58(51(100-67)39-94-66(86)50-32-23-16-24-33-50)103-70-65(99-46(7)84)63(60(98-45(6)83)53(102-70)40-95-72(88)73(8,9)10)105-68-55(79-71(87)74(75,76)77)61(59(97-44(5)82)52(101-68)38-90-43(4)81)104-69-64(93-37-49-30-21-15-22-31-49)62(92-36-48-28-19-14-20-29-48)57(41(2)96-69)91-35-47-26-17-13-18-27-47/h13-24,26-33,41,51-65,67-70,85H,11-12,25,34-40H2,1-10H3,(H,78,80)(H,79,87)/t41-,51+,52+,53+,54+,55+,56+,57+,58+,59+,60-,61+,62+,63-,64-,65+,67+,68-,69+,70-/m0/s1. The predicted octanol–water partition coefficient (Wildman–Crippen LogP) is 7.55. The molecule has 4 saturated heterocycles. The molecule has 8 rings (SSSR count). The number of esters is 6. The lowest BCUT2D eigenvalue weighted by atomic mass is 9.93. The van der Waals surface area contributed by atoms with E-state index in [1.165, 1.54) is 19.1 Å². The first-order valence-corrected chi connectivity index (χ1v) is 35.7. The number of carbonyl (C=O) groups is 8. The second-order valence-corrected chi connectivity index (χ2v) is 28.8. The first kappa shape index (κ1) is 83.7. The monoisotopic (exact) mass is 1530 g/mol. The van der Waals surface area contributed by atoms with Crippen molar-refractivity contribution in [3.63, 3.8) is 0 Å². The summed E-state index contributed by atoms with van der Waals surface area (Å²) in [6.45, 7) is 11.5. The van der Waals surface area contributed by atoms with Gasteiger partial charge in [-0.15, -0.1) is 0 Å². The number of carbonyl (C=O) groups excluding carboxylic acids is 8. The lowest BCUT2D eigenvalue weighted by molar-refractivity contribution is -0.379. The molecule has 0 unspecified atom stereocenters. The maximum atomic E-state index is 14.7. The van der Waals surface area contributed by atoms with Crippen LogP contribution in [0.4, 0.5) is 0 Å². The average molecular weight is 1530 g/mol. The molecule has 4 fully saturated rings. The number of hydrogen-bond donors (Lipinski definition) is 3. The van der Waals surface area contributed by atoms with Crippen LogP contribution < -0.4 is 10.6 Å². The van der Waals surface area contributed by atoms with E-state index in [-0.39, 0.29) is 32.0 Å². The molecule has 0 aromatic heterocycles. The Hall–Kier alpha value is -6.97. The number of alkyl halides is 3. The molecule has 3 N–H and O–H groups in total. The fraction of sp³-hybridized carbons (Fsp3) is 0.568. The van der Waals surface area contributed by atoms with Crippen molar-refractivity contribution in [3.8, 4) is 0 Å². The third-order valence-electron chi connectivity index (χ3n) is 17.1. The van der Waals surface area contributed by atoms with Crippen LogP contribution in [0.15, 0.2) is 121 Å². The highest BCUT2D eigenvalue weighted by atomic mass is 35.6. The van der Waals surface area contributed by atoms with Crippen LogP contribution in [0, 0.1) is 5.41 Å². The molecule has 4 aliphatic rings. The molecule has 0 saturated carbocycles. The van der Waals surface area contributed by atoms with Crippen molar-refractivity contribution in [3.05, 3.63) is 144 Å². The van der Waals surface area contributed by atoms with E-state index in [4.69, 9.17) is 115 Å². The molecule has 2 amide bonds. The third-order valence-corrected chi connectivity index (χ3v) is 17.6. The van der Waals surface area contributed by atoms with E-state index in [1.807, 2.05) is 85.8 Å². The average Bonchev–Trinajstić information content (AvgIpc) is 0.759. The van der Waals surface area contributed by atoms with Gasteiger partial charge in [-0.2, -0.15) is 0 Å². The van der Waals surface area contributed by atoms with E-state index in [0.717, 1.165) is 51.7 Å². The van der Waals surface area contributed by atoms with Crippen LogP contribution >= 0.6 is 34.8 Å². The van der Waals surface area contributed by atoms with E-state index in [1.54, 1.807) is 58.0 Å². The van der Waals surface area contributed by atoms with Crippen molar-refractivity contribution in [2.45, 2.75) is 235 Å². The van der Waals surface area contributed by atoms with Gasteiger partial charge in [-0.05, 0) is 62.9 Å². The molecule has 0 spiro atoms. The lowest BCUT2D eigenvalue weighted by Crippen LogP contribution is -2.72. The number of rotatable bonds is 32. The normalized spacial score (nSPS) is 29.1. The molecular weight excluding hydrogens is 1440 g/mol. The topological polar surface area (TPSA) is 338 Å². The maximum absolute atomic E-state index is 14.7. The number of aliphatic hydroxyl groups excluding tert-OH is 1. The predicted molar refractivity (Wildman–Crippen MR) is 372 cm³/mol. The molecule has 0 aliphatic carbocycles. The molecule has 0 bridgehead atoms. The summed E-state index contributed by atoms with van der Waals surface area (Å²) >= 11 is 19.2. The minimum Gasteiger partial charge on any atom is -0.463 e. The molecule has 4 aliphatic heterocycles. The third kappa shape index (κ3) is 24.5. The van der Waals surface area contributed by atoms with E-state index < -0.39 is 199 Å². The summed E-state index contributed by atoms with van der Waals surface area (Å²) in [4.78, 5) is 110. The Bertz CT molecular complexity index is 3450.